The summed E-state index contributed by atoms with van der Waals surface area (Å²) in [5.74, 6) is -3.72. The topological polar surface area (TPSA) is 77.4 Å². The summed E-state index contributed by atoms with van der Waals surface area (Å²) in [7, 11) is 0. The molecule has 0 radical (unpaired) electrons. The molecule has 0 fully saturated rings. The smallest absolute Gasteiger partial charge is 0.200 e. The van der Waals surface area contributed by atoms with Crippen molar-refractivity contribution in [2.75, 3.05) is 0 Å². The number of aryl methyl sites for hydroxylation is 1. The lowest BCUT2D eigenvalue weighted by Crippen LogP contribution is -2.04. The van der Waals surface area contributed by atoms with Crippen LogP contribution in [0.2, 0.25) is 0 Å². The van der Waals surface area contributed by atoms with E-state index in [2.05, 4.69) is 0 Å². The maximum atomic E-state index is 14.6. The highest BCUT2D eigenvalue weighted by Gasteiger charge is 2.35. The molecule has 1 aliphatic rings. The number of hydrogen-bond acceptors (Lipinski definition) is 4. The van der Waals surface area contributed by atoms with Crippen LogP contribution >= 0.6 is 0 Å². The first kappa shape index (κ1) is 16.9. The molecule has 27 heavy (non-hydrogen) atoms. The summed E-state index contributed by atoms with van der Waals surface area (Å²) in [6, 6.07) is 8.97. The molecule has 0 spiro atoms. The van der Waals surface area contributed by atoms with Crippen molar-refractivity contribution in [3.05, 3.63) is 81.8 Å². The predicted molar refractivity (Wildman–Crippen MR) is 94.0 cm³/mol. The van der Waals surface area contributed by atoms with Gasteiger partial charge >= 0.3 is 0 Å². The van der Waals surface area contributed by atoms with E-state index in [1.807, 2.05) is 6.07 Å². The van der Waals surface area contributed by atoms with Gasteiger partial charge in [-0.25, -0.2) is 4.39 Å². The Labute approximate surface area is 153 Å². The number of phenolic OH excluding ortho intramolecular Hbond substituents is 2. The normalized spacial score (nSPS) is 15.3. The molecular weight excluding hydrogens is 352 g/mol. The number of rotatable bonds is 2. The van der Waals surface area contributed by atoms with Crippen molar-refractivity contribution in [3.8, 4) is 17.6 Å². The molecule has 2 N–H and O–H groups in total. The number of fused-ring (bicyclic) bond motifs is 1. The van der Waals surface area contributed by atoms with Crippen LogP contribution in [0.1, 0.15) is 39.5 Å². The minimum absolute atomic E-state index is 0.0216. The third kappa shape index (κ3) is 2.48. The zero-order chi connectivity index (χ0) is 19.3. The van der Waals surface area contributed by atoms with Crippen molar-refractivity contribution in [1.82, 2.24) is 0 Å². The summed E-state index contributed by atoms with van der Waals surface area (Å²) in [5, 5.41) is 28.8. The van der Waals surface area contributed by atoms with Crippen LogP contribution in [-0.4, -0.2) is 10.2 Å². The van der Waals surface area contributed by atoms with Gasteiger partial charge in [0.25, 0.3) is 0 Å². The Hall–Kier alpha value is -3.59. The number of hydrogen-bond donors (Lipinski definition) is 2. The zero-order valence-corrected chi connectivity index (χ0v) is 14.1. The number of furan rings is 1. The average Bonchev–Trinajstić information content (AvgIpc) is 3.23. The molecule has 0 saturated carbocycles. The van der Waals surface area contributed by atoms with Gasteiger partial charge in [-0.05, 0) is 65.6 Å². The number of aromatic hydroxyl groups is 2. The molecule has 0 saturated heterocycles. The van der Waals surface area contributed by atoms with E-state index in [1.54, 1.807) is 19.1 Å². The van der Waals surface area contributed by atoms with E-state index in [1.165, 1.54) is 24.5 Å². The van der Waals surface area contributed by atoms with E-state index >= 15 is 0 Å². The summed E-state index contributed by atoms with van der Waals surface area (Å²) in [6.07, 6.45) is 3.04. The minimum Gasteiger partial charge on any atom is -0.508 e. The number of phenols is 2. The summed E-state index contributed by atoms with van der Waals surface area (Å²) < 4.78 is 34.1. The van der Waals surface area contributed by atoms with Crippen LogP contribution in [0.3, 0.4) is 0 Å². The Bertz CT molecular complexity index is 1150. The number of halogens is 2. The molecule has 0 amide bonds. The summed E-state index contributed by atoms with van der Waals surface area (Å²) in [4.78, 5) is 0. The fourth-order valence-corrected chi connectivity index (χ4v) is 3.56. The van der Waals surface area contributed by atoms with Crippen molar-refractivity contribution < 1.29 is 23.4 Å². The highest BCUT2D eigenvalue weighted by molar-refractivity contribution is 5.94. The lowest BCUT2D eigenvalue weighted by Gasteiger charge is -2.17. The van der Waals surface area contributed by atoms with Crippen molar-refractivity contribution >= 4 is 11.6 Å². The second-order valence-corrected chi connectivity index (χ2v) is 6.37. The Morgan fingerprint density at radius 2 is 1.89 bits per heavy atom. The van der Waals surface area contributed by atoms with E-state index < -0.39 is 23.3 Å². The molecule has 1 atom stereocenters. The van der Waals surface area contributed by atoms with Crippen LogP contribution in [0.25, 0.3) is 11.6 Å². The number of allylic oxidation sites excluding steroid dienone is 1. The van der Waals surface area contributed by atoms with Gasteiger partial charge in [-0.15, -0.1) is 0 Å². The third-order valence-electron chi connectivity index (χ3n) is 4.78. The molecule has 4 rings (SSSR count). The molecule has 1 aliphatic carbocycles. The van der Waals surface area contributed by atoms with Gasteiger partial charge in [0.05, 0.1) is 17.7 Å². The standard InChI is InChI=1S/C21H13F2NO3/c1-10-6-12(25)7-15-14(10)8-16(13-2-3-17(26)20(23)19(13)22)18(15)21-11(9-24)4-5-27-21/h2-8,18,25-26H,1H3. The second kappa shape index (κ2) is 5.99. The molecular formula is C21H13F2NO3. The summed E-state index contributed by atoms with van der Waals surface area (Å²) >= 11 is 0. The quantitative estimate of drug-likeness (QED) is 0.682. The van der Waals surface area contributed by atoms with Crippen molar-refractivity contribution in [2.24, 2.45) is 0 Å². The molecule has 4 nitrogen and oxygen atoms in total. The molecule has 1 aromatic heterocycles. The first-order chi connectivity index (χ1) is 12.9. The Kier molecular flexibility index (Phi) is 3.74. The maximum absolute atomic E-state index is 14.6. The van der Waals surface area contributed by atoms with Gasteiger partial charge in [-0.3, -0.25) is 0 Å². The first-order valence-electron chi connectivity index (χ1n) is 8.12. The van der Waals surface area contributed by atoms with Crippen LogP contribution in [0.4, 0.5) is 8.78 Å². The SMILES string of the molecule is Cc1cc(O)cc2c1C=C(c1ccc(O)c(F)c1F)C2c1occc1C#N. The fourth-order valence-electron chi connectivity index (χ4n) is 3.56. The van der Waals surface area contributed by atoms with E-state index in [0.29, 0.717) is 11.1 Å². The Balaban J connectivity index is 2.01. The van der Waals surface area contributed by atoms with E-state index in [4.69, 9.17) is 4.42 Å². The number of nitrogens with zero attached hydrogens (tertiary/aromatic N) is 1. The van der Waals surface area contributed by atoms with E-state index in [0.717, 1.165) is 17.2 Å². The van der Waals surface area contributed by atoms with Gasteiger partial charge in [-0.2, -0.15) is 9.65 Å². The molecule has 6 heteroatoms. The average molecular weight is 365 g/mol. The largest absolute Gasteiger partial charge is 0.508 e. The van der Waals surface area contributed by atoms with Crippen LogP contribution in [-0.2, 0) is 0 Å². The van der Waals surface area contributed by atoms with Crippen molar-refractivity contribution in [2.45, 2.75) is 12.8 Å². The molecule has 1 unspecified atom stereocenters. The fraction of sp³-hybridized carbons (Fsp3) is 0.0952. The van der Waals surface area contributed by atoms with Crippen LogP contribution in [0.5, 0.6) is 11.5 Å². The van der Waals surface area contributed by atoms with Gasteiger partial charge in [-0.1, -0.05) is 0 Å². The van der Waals surface area contributed by atoms with Gasteiger partial charge in [0.2, 0.25) is 5.82 Å². The minimum atomic E-state index is -1.34. The van der Waals surface area contributed by atoms with E-state index in [9.17, 15) is 24.3 Å². The summed E-state index contributed by atoms with van der Waals surface area (Å²) in [5.41, 5.74) is 2.70. The summed E-state index contributed by atoms with van der Waals surface area (Å²) in [6.45, 7) is 1.79. The van der Waals surface area contributed by atoms with Crippen LogP contribution < -0.4 is 0 Å². The molecule has 0 aliphatic heterocycles. The van der Waals surface area contributed by atoms with Gasteiger partial charge in [0.15, 0.2) is 11.6 Å². The van der Waals surface area contributed by atoms with E-state index in [-0.39, 0.29) is 22.6 Å². The van der Waals surface area contributed by atoms with Crippen molar-refractivity contribution in [1.29, 1.82) is 5.26 Å². The van der Waals surface area contributed by atoms with Gasteiger partial charge in [0, 0.05) is 5.56 Å². The third-order valence-corrected chi connectivity index (χ3v) is 4.78. The van der Waals surface area contributed by atoms with Gasteiger partial charge in [0.1, 0.15) is 17.6 Å². The molecule has 1 heterocycles. The molecule has 0 bridgehead atoms. The molecule has 134 valence electrons. The lowest BCUT2D eigenvalue weighted by molar-refractivity contribution is 0.406. The highest BCUT2D eigenvalue weighted by atomic mass is 19.2. The lowest BCUT2D eigenvalue weighted by atomic mass is 9.87. The highest BCUT2D eigenvalue weighted by Crippen LogP contribution is 2.49. The molecule has 3 aromatic rings. The van der Waals surface area contributed by atoms with Crippen LogP contribution in [0, 0.1) is 29.9 Å². The predicted octanol–water partition coefficient (Wildman–Crippen LogP) is 4.84. The van der Waals surface area contributed by atoms with Crippen LogP contribution in [0.15, 0.2) is 41.0 Å². The monoisotopic (exact) mass is 365 g/mol. The number of benzene rings is 2. The Morgan fingerprint density at radius 3 is 2.63 bits per heavy atom. The zero-order valence-electron chi connectivity index (χ0n) is 14.1. The maximum Gasteiger partial charge on any atom is 0.200 e. The molecule has 2 aromatic carbocycles. The van der Waals surface area contributed by atoms with Gasteiger partial charge < -0.3 is 14.6 Å². The van der Waals surface area contributed by atoms with Crippen molar-refractivity contribution in [3.63, 3.8) is 0 Å². The Morgan fingerprint density at radius 1 is 1.11 bits per heavy atom. The number of nitriles is 1. The first-order valence-corrected chi connectivity index (χ1v) is 8.12. The second-order valence-electron chi connectivity index (χ2n) is 6.37.